The number of carbonyl (C=O) groups is 1. The Hall–Kier alpha value is -1.65. The zero-order chi connectivity index (χ0) is 14.9. The van der Waals surface area contributed by atoms with Crippen LogP contribution in [-0.2, 0) is 0 Å². The highest BCUT2D eigenvalue weighted by Gasteiger charge is 2.32. The first-order valence-corrected chi connectivity index (χ1v) is 6.89. The Bertz CT molecular complexity index is 490. The van der Waals surface area contributed by atoms with Gasteiger partial charge in [0.2, 0.25) is 0 Å². The molecule has 0 atom stereocenters. The Labute approximate surface area is 117 Å². The first-order valence-electron chi connectivity index (χ1n) is 6.89. The Kier molecular flexibility index (Phi) is 4.26. The third-order valence-electron chi connectivity index (χ3n) is 3.49. The van der Waals surface area contributed by atoms with Gasteiger partial charge in [-0.1, -0.05) is 13.8 Å². The molecule has 2 rings (SSSR count). The van der Waals surface area contributed by atoms with E-state index in [1.807, 2.05) is 0 Å². The van der Waals surface area contributed by atoms with E-state index >= 15 is 0 Å². The molecule has 0 unspecified atom stereocenters. The second kappa shape index (κ2) is 5.77. The van der Waals surface area contributed by atoms with Crippen LogP contribution in [0.3, 0.4) is 0 Å². The average molecular weight is 283 g/mol. The van der Waals surface area contributed by atoms with Gasteiger partial charge in [-0.15, -0.1) is 0 Å². The third kappa shape index (κ3) is 3.26. The van der Waals surface area contributed by atoms with E-state index in [0.717, 1.165) is 31.4 Å². The highest BCUT2D eigenvalue weighted by Crippen LogP contribution is 2.35. The van der Waals surface area contributed by atoms with Gasteiger partial charge in [0.05, 0.1) is 5.56 Å². The molecule has 0 radical (unpaired) electrons. The van der Waals surface area contributed by atoms with Crippen molar-refractivity contribution in [2.75, 3.05) is 11.4 Å². The summed E-state index contributed by atoms with van der Waals surface area (Å²) >= 11 is 0. The van der Waals surface area contributed by atoms with Crippen molar-refractivity contribution in [2.24, 2.45) is 5.92 Å². The molecule has 1 aromatic carbocycles. The molecule has 1 aromatic rings. The van der Waals surface area contributed by atoms with Crippen LogP contribution in [0.2, 0.25) is 0 Å². The minimum Gasteiger partial charge on any atom is -0.478 e. The van der Waals surface area contributed by atoms with Gasteiger partial charge in [-0.2, -0.15) is 0 Å². The lowest BCUT2D eigenvalue weighted by Gasteiger charge is -2.26. The lowest BCUT2D eigenvalue weighted by molar-refractivity contribution is 0.0696. The number of halogens is 2. The van der Waals surface area contributed by atoms with Crippen molar-refractivity contribution in [3.63, 3.8) is 0 Å². The number of hydrogen-bond acceptors (Lipinski definition) is 2. The van der Waals surface area contributed by atoms with Crippen molar-refractivity contribution in [2.45, 2.75) is 39.2 Å². The Balaban J connectivity index is 2.30. The SMILES string of the molecule is CC(C)CCN(c1c(F)cc(C(=O)O)cc1F)C1CC1. The van der Waals surface area contributed by atoms with E-state index in [-0.39, 0.29) is 17.3 Å². The maximum atomic E-state index is 14.1. The number of rotatable bonds is 6. The molecule has 1 aliphatic carbocycles. The molecular weight excluding hydrogens is 264 g/mol. The smallest absolute Gasteiger partial charge is 0.335 e. The fourth-order valence-electron chi connectivity index (χ4n) is 2.22. The molecule has 0 bridgehead atoms. The summed E-state index contributed by atoms with van der Waals surface area (Å²) in [6, 6.07) is 1.96. The largest absolute Gasteiger partial charge is 0.478 e. The molecule has 0 aliphatic heterocycles. The highest BCUT2D eigenvalue weighted by molar-refractivity contribution is 5.88. The summed E-state index contributed by atoms with van der Waals surface area (Å²) in [5, 5.41) is 8.81. The Morgan fingerprint density at radius 1 is 1.35 bits per heavy atom. The van der Waals surface area contributed by atoms with Crippen LogP contribution < -0.4 is 4.90 Å². The van der Waals surface area contributed by atoms with Gasteiger partial charge >= 0.3 is 5.97 Å². The minimum absolute atomic E-state index is 0.0850. The minimum atomic E-state index is -1.32. The van der Waals surface area contributed by atoms with Gasteiger partial charge in [0.15, 0.2) is 0 Å². The van der Waals surface area contributed by atoms with E-state index in [1.165, 1.54) is 0 Å². The van der Waals surface area contributed by atoms with Crippen LogP contribution in [0, 0.1) is 17.6 Å². The van der Waals surface area contributed by atoms with E-state index in [0.29, 0.717) is 12.5 Å². The molecule has 1 N–H and O–H groups in total. The maximum absolute atomic E-state index is 14.1. The van der Waals surface area contributed by atoms with Gasteiger partial charge in [-0.25, -0.2) is 13.6 Å². The summed E-state index contributed by atoms with van der Waals surface area (Å²) in [6.07, 6.45) is 2.70. The van der Waals surface area contributed by atoms with Crippen LogP contribution in [0.1, 0.15) is 43.5 Å². The molecule has 0 amide bonds. The monoisotopic (exact) mass is 283 g/mol. The van der Waals surface area contributed by atoms with Crippen molar-refractivity contribution in [1.82, 2.24) is 0 Å². The molecule has 110 valence electrons. The first kappa shape index (κ1) is 14.8. The molecule has 5 heteroatoms. The summed E-state index contributed by atoms with van der Waals surface area (Å²) in [5.74, 6) is -2.47. The fraction of sp³-hybridized carbons (Fsp3) is 0.533. The third-order valence-corrected chi connectivity index (χ3v) is 3.49. The molecule has 3 nitrogen and oxygen atoms in total. The van der Waals surface area contributed by atoms with Crippen molar-refractivity contribution in [3.8, 4) is 0 Å². The highest BCUT2D eigenvalue weighted by atomic mass is 19.1. The van der Waals surface area contributed by atoms with Crippen molar-refractivity contribution in [1.29, 1.82) is 0 Å². The molecule has 1 fully saturated rings. The first-order chi connectivity index (χ1) is 9.40. The molecule has 1 saturated carbocycles. The number of carboxylic acid groups (broad SMARTS) is 1. The maximum Gasteiger partial charge on any atom is 0.335 e. The van der Waals surface area contributed by atoms with E-state index in [4.69, 9.17) is 5.11 Å². The summed E-state index contributed by atoms with van der Waals surface area (Å²) in [6.45, 7) is 4.71. The molecular formula is C15H19F2NO2. The molecule has 0 aromatic heterocycles. The van der Waals surface area contributed by atoms with E-state index in [9.17, 15) is 13.6 Å². The zero-order valence-electron chi connectivity index (χ0n) is 11.7. The van der Waals surface area contributed by atoms with Crippen LogP contribution in [0.4, 0.5) is 14.5 Å². The normalized spacial score (nSPS) is 14.7. The number of carboxylic acids is 1. The molecule has 0 heterocycles. The number of aromatic carboxylic acids is 1. The van der Waals surface area contributed by atoms with Crippen molar-refractivity contribution in [3.05, 3.63) is 29.3 Å². The second-order valence-electron chi connectivity index (χ2n) is 5.70. The number of anilines is 1. The predicted octanol–water partition coefficient (Wildman–Crippen LogP) is 3.68. The quantitative estimate of drug-likeness (QED) is 0.865. The number of nitrogens with zero attached hydrogens (tertiary/aromatic N) is 1. The van der Waals surface area contributed by atoms with E-state index in [1.54, 1.807) is 4.90 Å². The lowest BCUT2D eigenvalue weighted by atomic mass is 10.1. The fourth-order valence-corrected chi connectivity index (χ4v) is 2.22. The van der Waals surface area contributed by atoms with Crippen LogP contribution in [0.25, 0.3) is 0 Å². The standard InChI is InChI=1S/C15H19F2NO2/c1-9(2)5-6-18(11-3-4-11)14-12(16)7-10(15(19)20)8-13(14)17/h7-9,11H,3-6H2,1-2H3,(H,19,20). The van der Waals surface area contributed by atoms with Gasteiger partial charge in [0.1, 0.15) is 17.3 Å². The summed E-state index contributed by atoms with van der Waals surface area (Å²) < 4.78 is 28.2. The topological polar surface area (TPSA) is 40.5 Å². The summed E-state index contributed by atoms with van der Waals surface area (Å²) in [7, 11) is 0. The van der Waals surface area contributed by atoms with Crippen LogP contribution in [0.5, 0.6) is 0 Å². The van der Waals surface area contributed by atoms with Crippen LogP contribution in [-0.4, -0.2) is 23.7 Å². The lowest BCUT2D eigenvalue weighted by Crippen LogP contribution is -2.29. The van der Waals surface area contributed by atoms with Crippen LogP contribution in [0.15, 0.2) is 12.1 Å². The van der Waals surface area contributed by atoms with Gasteiger partial charge in [-0.3, -0.25) is 0 Å². The molecule has 1 aliphatic rings. The molecule has 0 saturated heterocycles. The average Bonchev–Trinajstić information content (AvgIpc) is 3.15. The van der Waals surface area contributed by atoms with E-state index < -0.39 is 17.6 Å². The summed E-state index contributed by atoms with van der Waals surface area (Å²) in [5.41, 5.74) is -0.443. The molecule has 0 spiro atoms. The van der Waals surface area contributed by atoms with E-state index in [2.05, 4.69) is 13.8 Å². The van der Waals surface area contributed by atoms with Crippen LogP contribution >= 0.6 is 0 Å². The van der Waals surface area contributed by atoms with Crippen molar-refractivity contribution < 1.29 is 18.7 Å². The number of benzene rings is 1. The van der Waals surface area contributed by atoms with Gasteiger partial charge < -0.3 is 10.0 Å². The van der Waals surface area contributed by atoms with Gasteiger partial charge in [0.25, 0.3) is 0 Å². The Morgan fingerprint density at radius 2 is 1.90 bits per heavy atom. The molecule has 20 heavy (non-hydrogen) atoms. The zero-order valence-corrected chi connectivity index (χ0v) is 11.7. The van der Waals surface area contributed by atoms with Gasteiger partial charge in [-0.05, 0) is 37.3 Å². The van der Waals surface area contributed by atoms with Gasteiger partial charge in [0, 0.05) is 12.6 Å². The predicted molar refractivity (Wildman–Crippen MR) is 73.1 cm³/mol. The van der Waals surface area contributed by atoms with Crippen molar-refractivity contribution >= 4 is 11.7 Å². The number of hydrogen-bond donors (Lipinski definition) is 1. The second-order valence-corrected chi connectivity index (χ2v) is 5.70. The Morgan fingerprint density at radius 3 is 2.30 bits per heavy atom. The summed E-state index contributed by atoms with van der Waals surface area (Å²) in [4.78, 5) is 12.5.